The van der Waals surface area contributed by atoms with E-state index in [0.29, 0.717) is 13.2 Å². The number of thiazole rings is 1. The lowest BCUT2D eigenvalue weighted by atomic mass is 10.1. The van der Waals surface area contributed by atoms with E-state index in [4.69, 9.17) is 14.5 Å². The highest BCUT2D eigenvalue weighted by Gasteiger charge is 2.30. The molecule has 1 heterocycles. The fraction of sp³-hybridized carbons (Fsp3) is 0.769. The molecule has 0 bridgehead atoms. The van der Waals surface area contributed by atoms with Crippen molar-refractivity contribution in [2.45, 2.75) is 32.7 Å². The van der Waals surface area contributed by atoms with Crippen LogP contribution >= 0.6 is 11.3 Å². The number of nitrogens with zero attached hydrogens (tertiary/aromatic N) is 1. The first-order valence-corrected chi connectivity index (χ1v) is 7.08. The summed E-state index contributed by atoms with van der Waals surface area (Å²) in [7, 11) is 3.43. The molecule has 1 rings (SSSR count). The first kappa shape index (κ1) is 15.6. The highest BCUT2D eigenvalue weighted by Crippen LogP contribution is 2.28. The van der Waals surface area contributed by atoms with Crippen LogP contribution < -0.4 is 5.32 Å². The Morgan fingerprint density at radius 1 is 1.33 bits per heavy atom. The summed E-state index contributed by atoms with van der Waals surface area (Å²) < 4.78 is 10.4. The van der Waals surface area contributed by atoms with Crippen molar-refractivity contribution >= 4 is 11.3 Å². The maximum Gasteiger partial charge on any atom is 0.115 e. The average molecular weight is 272 g/mol. The standard InChI is InChI=1S/C13H24N2O2S/c1-6-11-10(2)18-12(15-11)13(3,9-17-5)14-7-8-16-4/h14H,6-9H2,1-5H3. The number of methoxy groups -OCH3 is 2. The molecule has 4 nitrogen and oxygen atoms in total. The largest absolute Gasteiger partial charge is 0.383 e. The molecule has 0 fully saturated rings. The van der Waals surface area contributed by atoms with Gasteiger partial charge in [0.15, 0.2) is 0 Å². The van der Waals surface area contributed by atoms with E-state index in [-0.39, 0.29) is 5.54 Å². The van der Waals surface area contributed by atoms with Crippen LogP contribution in [0.1, 0.15) is 29.4 Å². The van der Waals surface area contributed by atoms with E-state index in [9.17, 15) is 0 Å². The quantitative estimate of drug-likeness (QED) is 0.736. The topological polar surface area (TPSA) is 43.4 Å². The second kappa shape index (κ2) is 7.19. The zero-order valence-corrected chi connectivity index (χ0v) is 12.8. The summed E-state index contributed by atoms with van der Waals surface area (Å²) in [5.74, 6) is 0. The van der Waals surface area contributed by atoms with Crippen LogP contribution in [0.3, 0.4) is 0 Å². The molecule has 0 amide bonds. The van der Waals surface area contributed by atoms with Crippen LogP contribution in [0.5, 0.6) is 0 Å². The zero-order chi connectivity index (χ0) is 13.6. The Balaban J connectivity index is 2.87. The fourth-order valence-electron chi connectivity index (χ4n) is 1.90. The summed E-state index contributed by atoms with van der Waals surface area (Å²) in [4.78, 5) is 6.03. The van der Waals surface area contributed by atoms with E-state index in [1.54, 1.807) is 25.6 Å². The van der Waals surface area contributed by atoms with Gasteiger partial charge in [-0.25, -0.2) is 4.98 Å². The average Bonchev–Trinajstić information content (AvgIpc) is 2.72. The van der Waals surface area contributed by atoms with Gasteiger partial charge in [0.05, 0.1) is 24.4 Å². The molecule has 0 saturated carbocycles. The van der Waals surface area contributed by atoms with Gasteiger partial charge in [0.2, 0.25) is 0 Å². The lowest BCUT2D eigenvalue weighted by Gasteiger charge is -2.28. The van der Waals surface area contributed by atoms with E-state index in [1.807, 2.05) is 0 Å². The monoisotopic (exact) mass is 272 g/mol. The SMILES string of the molecule is CCc1nc(C(C)(COC)NCCOC)sc1C. The van der Waals surface area contributed by atoms with Gasteiger partial charge in [0, 0.05) is 25.6 Å². The molecule has 0 aliphatic heterocycles. The van der Waals surface area contributed by atoms with Gasteiger partial charge in [0.1, 0.15) is 5.01 Å². The van der Waals surface area contributed by atoms with Crippen LogP contribution in [0.2, 0.25) is 0 Å². The Labute approximate surface area is 114 Å². The molecular formula is C13H24N2O2S. The van der Waals surface area contributed by atoms with Gasteiger partial charge in [-0.1, -0.05) is 6.92 Å². The predicted molar refractivity (Wildman–Crippen MR) is 75.3 cm³/mol. The van der Waals surface area contributed by atoms with Crippen LogP contribution in [0, 0.1) is 6.92 Å². The van der Waals surface area contributed by atoms with Crippen LogP contribution in [0.15, 0.2) is 0 Å². The summed E-state index contributed by atoms with van der Waals surface area (Å²) >= 11 is 1.75. The van der Waals surface area contributed by atoms with E-state index < -0.39 is 0 Å². The van der Waals surface area contributed by atoms with Crippen LogP contribution in [-0.4, -0.2) is 39.0 Å². The highest BCUT2D eigenvalue weighted by molar-refractivity contribution is 7.11. The number of aryl methyl sites for hydroxylation is 2. The molecule has 0 spiro atoms. The minimum Gasteiger partial charge on any atom is -0.383 e. The second-order valence-corrected chi connectivity index (χ2v) is 5.76. The van der Waals surface area contributed by atoms with Gasteiger partial charge in [-0.2, -0.15) is 0 Å². The van der Waals surface area contributed by atoms with Crippen molar-refractivity contribution in [3.8, 4) is 0 Å². The Kier molecular flexibility index (Phi) is 6.21. The minimum atomic E-state index is -0.240. The van der Waals surface area contributed by atoms with Gasteiger partial charge < -0.3 is 14.8 Å². The molecule has 0 aliphatic carbocycles. The number of hydrogen-bond donors (Lipinski definition) is 1. The van der Waals surface area contributed by atoms with E-state index in [1.165, 1.54) is 10.6 Å². The van der Waals surface area contributed by atoms with E-state index in [2.05, 4.69) is 26.1 Å². The molecule has 1 atom stereocenters. The molecule has 1 unspecified atom stereocenters. The molecule has 18 heavy (non-hydrogen) atoms. The highest BCUT2D eigenvalue weighted by atomic mass is 32.1. The second-order valence-electron chi connectivity index (χ2n) is 4.56. The Morgan fingerprint density at radius 2 is 2.06 bits per heavy atom. The van der Waals surface area contributed by atoms with Gasteiger partial charge >= 0.3 is 0 Å². The molecule has 1 aromatic heterocycles. The molecule has 0 aromatic carbocycles. The normalized spacial score (nSPS) is 14.7. The first-order chi connectivity index (χ1) is 8.57. The van der Waals surface area contributed by atoms with Crippen molar-refractivity contribution < 1.29 is 9.47 Å². The minimum absolute atomic E-state index is 0.240. The maximum atomic E-state index is 5.34. The first-order valence-electron chi connectivity index (χ1n) is 6.27. The third-order valence-electron chi connectivity index (χ3n) is 2.95. The number of aromatic nitrogens is 1. The Morgan fingerprint density at radius 3 is 2.56 bits per heavy atom. The number of ether oxygens (including phenoxy) is 2. The van der Waals surface area contributed by atoms with Crippen molar-refractivity contribution in [2.24, 2.45) is 0 Å². The number of rotatable bonds is 8. The Hall–Kier alpha value is -0.490. The van der Waals surface area contributed by atoms with Gasteiger partial charge in [-0.3, -0.25) is 0 Å². The predicted octanol–water partition coefficient (Wildman–Crippen LogP) is 2.11. The van der Waals surface area contributed by atoms with Crippen molar-refractivity contribution in [2.75, 3.05) is 34.0 Å². The Bertz CT molecular complexity index is 368. The summed E-state index contributed by atoms with van der Waals surface area (Å²) in [6.07, 6.45) is 0.976. The summed E-state index contributed by atoms with van der Waals surface area (Å²) in [6.45, 7) is 8.47. The van der Waals surface area contributed by atoms with Crippen molar-refractivity contribution in [3.05, 3.63) is 15.6 Å². The molecular weight excluding hydrogens is 248 g/mol. The fourth-order valence-corrected chi connectivity index (χ4v) is 3.01. The van der Waals surface area contributed by atoms with Gasteiger partial charge in [-0.05, 0) is 20.3 Å². The molecule has 1 N–H and O–H groups in total. The van der Waals surface area contributed by atoms with Crippen LogP contribution in [0.25, 0.3) is 0 Å². The number of hydrogen-bond acceptors (Lipinski definition) is 5. The van der Waals surface area contributed by atoms with Gasteiger partial charge in [0.25, 0.3) is 0 Å². The third kappa shape index (κ3) is 3.75. The van der Waals surface area contributed by atoms with Crippen molar-refractivity contribution in [1.29, 1.82) is 0 Å². The summed E-state index contributed by atoms with van der Waals surface area (Å²) in [5.41, 5.74) is 0.946. The molecule has 0 saturated heterocycles. The molecule has 104 valence electrons. The molecule has 0 aliphatic rings. The van der Waals surface area contributed by atoms with Crippen LogP contribution in [-0.2, 0) is 21.4 Å². The number of nitrogens with one attached hydrogen (secondary N) is 1. The lowest BCUT2D eigenvalue weighted by Crippen LogP contribution is -2.44. The maximum absolute atomic E-state index is 5.34. The smallest absolute Gasteiger partial charge is 0.115 e. The molecule has 0 radical (unpaired) electrons. The van der Waals surface area contributed by atoms with Crippen molar-refractivity contribution in [3.63, 3.8) is 0 Å². The van der Waals surface area contributed by atoms with E-state index >= 15 is 0 Å². The molecule has 1 aromatic rings. The summed E-state index contributed by atoms with van der Waals surface area (Å²) in [5, 5.41) is 4.57. The van der Waals surface area contributed by atoms with Crippen LogP contribution in [0.4, 0.5) is 0 Å². The van der Waals surface area contributed by atoms with Crippen molar-refractivity contribution in [1.82, 2.24) is 10.3 Å². The van der Waals surface area contributed by atoms with E-state index in [0.717, 1.165) is 18.0 Å². The third-order valence-corrected chi connectivity index (χ3v) is 4.23. The van der Waals surface area contributed by atoms with Gasteiger partial charge in [-0.15, -0.1) is 11.3 Å². The summed E-state index contributed by atoms with van der Waals surface area (Å²) in [6, 6.07) is 0. The zero-order valence-electron chi connectivity index (χ0n) is 12.0. The lowest BCUT2D eigenvalue weighted by molar-refractivity contribution is 0.108. The molecule has 5 heteroatoms.